The van der Waals surface area contributed by atoms with Crippen LogP contribution in [0.4, 0.5) is 0 Å². The number of rotatable bonds is 8. The molecular formula is C14H26N2O3. The summed E-state index contributed by atoms with van der Waals surface area (Å²) in [6.45, 7) is 4.32. The number of ether oxygens (including phenoxy) is 2. The summed E-state index contributed by atoms with van der Waals surface area (Å²) in [7, 11) is 1.81. The van der Waals surface area contributed by atoms with Gasteiger partial charge in [0.05, 0.1) is 12.7 Å². The zero-order valence-electron chi connectivity index (χ0n) is 11.9. The first-order chi connectivity index (χ1) is 9.25. The highest BCUT2D eigenvalue weighted by Gasteiger charge is 2.21. The summed E-state index contributed by atoms with van der Waals surface area (Å²) in [5.41, 5.74) is 0. The molecule has 0 radical (unpaired) electrons. The second kappa shape index (κ2) is 7.82. The Morgan fingerprint density at radius 2 is 2.00 bits per heavy atom. The third-order valence-corrected chi connectivity index (χ3v) is 3.78. The minimum absolute atomic E-state index is 0.0496. The smallest absolute Gasteiger partial charge is 0.248 e. The van der Waals surface area contributed by atoms with E-state index in [-0.39, 0.29) is 18.6 Å². The van der Waals surface area contributed by atoms with Crippen LogP contribution in [0, 0.1) is 5.92 Å². The van der Waals surface area contributed by atoms with Crippen LogP contribution < -0.4 is 5.32 Å². The predicted octanol–water partition coefficient (Wildman–Crippen LogP) is 0.640. The van der Waals surface area contributed by atoms with Gasteiger partial charge in [-0.3, -0.25) is 4.79 Å². The summed E-state index contributed by atoms with van der Waals surface area (Å²) in [6.07, 6.45) is 4.85. The lowest BCUT2D eigenvalue weighted by molar-refractivity contribution is -0.138. The molecule has 2 aliphatic rings. The Hall–Kier alpha value is -0.650. The van der Waals surface area contributed by atoms with Crippen LogP contribution in [0.5, 0.6) is 0 Å². The van der Waals surface area contributed by atoms with E-state index in [1.54, 1.807) is 4.90 Å². The minimum atomic E-state index is 0.0496. The molecule has 5 nitrogen and oxygen atoms in total. The van der Waals surface area contributed by atoms with Crippen LogP contribution in [0.25, 0.3) is 0 Å². The molecule has 1 saturated heterocycles. The van der Waals surface area contributed by atoms with Crippen molar-refractivity contribution in [1.82, 2.24) is 10.2 Å². The molecule has 1 aliphatic heterocycles. The molecule has 110 valence electrons. The number of amides is 1. The van der Waals surface area contributed by atoms with Crippen molar-refractivity contribution in [3.8, 4) is 0 Å². The van der Waals surface area contributed by atoms with Gasteiger partial charge in [-0.15, -0.1) is 0 Å². The molecule has 1 heterocycles. The first-order valence-corrected chi connectivity index (χ1v) is 7.39. The molecule has 0 bridgehead atoms. The molecule has 0 atom stereocenters. The fourth-order valence-corrected chi connectivity index (χ4v) is 2.12. The SMILES string of the molecule is CN(CCOCC1CC1)C(=O)COC1CCNCC1. The van der Waals surface area contributed by atoms with E-state index >= 15 is 0 Å². The lowest BCUT2D eigenvalue weighted by atomic mass is 10.1. The van der Waals surface area contributed by atoms with Crippen LogP contribution in [0.15, 0.2) is 0 Å². The van der Waals surface area contributed by atoms with Crippen molar-refractivity contribution in [2.24, 2.45) is 5.92 Å². The standard InChI is InChI=1S/C14H26N2O3/c1-16(8-9-18-10-12-2-3-12)14(17)11-19-13-4-6-15-7-5-13/h12-13,15H,2-11H2,1H3. The Labute approximate surface area is 115 Å². The average Bonchev–Trinajstić information content (AvgIpc) is 3.26. The maximum absolute atomic E-state index is 11.9. The Balaban J connectivity index is 1.50. The van der Waals surface area contributed by atoms with Gasteiger partial charge >= 0.3 is 0 Å². The van der Waals surface area contributed by atoms with Gasteiger partial charge in [0.25, 0.3) is 0 Å². The van der Waals surface area contributed by atoms with Crippen molar-refractivity contribution < 1.29 is 14.3 Å². The minimum Gasteiger partial charge on any atom is -0.379 e. The van der Waals surface area contributed by atoms with E-state index in [1.165, 1.54) is 12.8 Å². The van der Waals surface area contributed by atoms with Crippen molar-refractivity contribution >= 4 is 5.91 Å². The largest absolute Gasteiger partial charge is 0.379 e. The second-order valence-electron chi connectivity index (χ2n) is 5.59. The maximum atomic E-state index is 11.9. The Morgan fingerprint density at radius 1 is 1.26 bits per heavy atom. The third kappa shape index (κ3) is 5.89. The lowest BCUT2D eigenvalue weighted by Gasteiger charge is -2.24. The highest BCUT2D eigenvalue weighted by molar-refractivity contribution is 5.77. The van der Waals surface area contributed by atoms with Gasteiger partial charge in [0.1, 0.15) is 6.61 Å². The van der Waals surface area contributed by atoms with Gasteiger partial charge in [-0.2, -0.15) is 0 Å². The summed E-state index contributed by atoms with van der Waals surface area (Å²) in [6, 6.07) is 0. The zero-order valence-corrected chi connectivity index (χ0v) is 11.9. The molecule has 0 spiro atoms. The summed E-state index contributed by atoms with van der Waals surface area (Å²) in [4.78, 5) is 13.6. The van der Waals surface area contributed by atoms with Crippen LogP contribution >= 0.6 is 0 Å². The van der Waals surface area contributed by atoms with E-state index in [2.05, 4.69) is 5.32 Å². The second-order valence-corrected chi connectivity index (χ2v) is 5.59. The normalized spacial score (nSPS) is 20.5. The Kier molecular flexibility index (Phi) is 6.07. The molecule has 19 heavy (non-hydrogen) atoms. The van der Waals surface area contributed by atoms with E-state index < -0.39 is 0 Å². The van der Waals surface area contributed by atoms with Crippen molar-refractivity contribution in [1.29, 1.82) is 0 Å². The van der Waals surface area contributed by atoms with Gasteiger partial charge in [0.15, 0.2) is 0 Å². The van der Waals surface area contributed by atoms with Crippen LogP contribution in [0.2, 0.25) is 0 Å². The van der Waals surface area contributed by atoms with E-state index in [0.29, 0.717) is 13.2 Å². The average molecular weight is 270 g/mol. The number of carbonyl (C=O) groups excluding carboxylic acids is 1. The third-order valence-electron chi connectivity index (χ3n) is 3.78. The molecule has 0 aromatic rings. The number of likely N-dealkylation sites (N-methyl/N-ethyl adjacent to an activating group) is 1. The van der Waals surface area contributed by atoms with Crippen LogP contribution in [0.3, 0.4) is 0 Å². The summed E-state index contributed by atoms with van der Waals surface area (Å²) < 4.78 is 11.2. The van der Waals surface area contributed by atoms with Crippen molar-refractivity contribution in [2.45, 2.75) is 31.8 Å². The van der Waals surface area contributed by atoms with Gasteiger partial charge in [-0.25, -0.2) is 0 Å². The van der Waals surface area contributed by atoms with E-state index in [4.69, 9.17) is 9.47 Å². The number of hydrogen-bond acceptors (Lipinski definition) is 4. The van der Waals surface area contributed by atoms with Gasteiger partial charge in [-0.05, 0) is 44.7 Å². The van der Waals surface area contributed by atoms with E-state index in [0.717, 1.165) is 38.5 Å². The first kappa shape index (κ1) is 14.8. The first-order valence-electron chi connectivity index (χ1n) is 7.39. The molecule has 5 heteroatoms. The summed E-state index contributed by atoms with van der Waals surface area (Å²) in [5, 5.41) is 3.28. The quantitative estimate of drug-likeness (QED) is 0.658. The highest BCUT2D eigenvalue weighted by Crippen LogP contribution is 2.28. The van der Waals surface area contributed by atoms with Crippen LogP contribution in [-0.2, 0) is 14.3 Å². The number of piperidine rings is 1. The number of hydrogen-bond donors (Lipinski definition) is 1. The molecule has 0 aromatic carbocycles. The summed E-state index contributed by atoms with van der Waals surface area (Å²) in [5.74, 6) is 0.831. The zero-order chi connectivity index (χ0) is 13.5. The molecular weight excluding hydrogens is 244 g/mol. The maximum Gasteiger partial charge on any atom is 0.248 e. The molecule has 1 saturated carbocycles. The molecule has 2 rings (SSSR count). The van der Waals surface area contributed by atoms with Crippen LogP contribution in [0.1, 0.15) is 25.7 Å². The Bertz CT molecular complexity index is 276. The van der Waals surface area contributed by atoms with Crippen molar-refractivity contribution in [2.75, 3.05) is 46.5 Å². The molecule has 2 fully saturated rings. The molecule has 1 amide bonds. The van der Waals surface area contributed by atoms with Crippen LogP contribution in [-0.4, -0.2) is 63.4 Å². The van der Waals surface area contributed by atoms with Gasteiger partial charge < -0.3 is 19.7 Å². The van der Waals surface area contributed by atoms with Crippen molar-refractivity contribution in [3.63, 3.8) is 0 Å². The fraction of sp³-hybridized carbons (Fsp3) is 0.929. The molecule has 0 aromatic heterocycles. The number of carbonyl (C=O) groups is 1. The predicted molar refractivity (Wildman–Crippen MR) is 73.0 cm³/mol. The van der Waals surface area contributed by atoms with Crippen molar-refractivity contribution in [3.05, 3.63) is 0 Å². The summed E-state index contributed by atoms with van der Waals surface area (Å²) >= 11 is 0. The van der Waals surface area contributed by atoms with E-state index in [1.807, 2.05) is 7.05 Å². The molecule has 0 unspecified atom stereocenters. The highest BCUT2D eigenvalue weighted by atomic mass is 16.5. The molecule has 1 N–H and O–H groups in total. The molecule has 1 aliphatic carbocycles. The fourth-order valence-electron chi connectivity index (χ4n) is 2.12. The number of nitrogens with zero attached hydrogens (tertiary/aromatic N) is 1. The number of nitrogens with one attached hydrogen (secondary N) is 1. The Morgan fingerprint density at radius 3 is 2.68 bits per heavy atom. The van der Waals surface area contributed by atoms with E-state index in [9.17, 15) is 4.79 Å². The monoisotopic (exact) mass is 270 g/mol. The topological polar surface area (TPSA) is 50.8 Å². The lowest BCUT2D eigenvalue weighted by Crippen LogP contribution is -2.37. The van der Waals surface area contributed by atoms with Gasteiger partial charge in [0, 0.05) is 20.2 Å². The van der Waals surface area contributed by atoms with Gasteiger partial charge in [0.2, 0.25) is 5.91 Å². The van der Waals surface area contributed by atoms with Gasteiger partial charge in [-0.1, -0.05) is 0 Å².